The molecule has 0 amide bonds. The van der Waals surface area contributed by atoms with Crippen LogP contribution in [0.2, 0.25) is 5.02 Å². The van der Waals surface area contributed by atoms with Gasteiger partial charge in [0.2, 0.25) is 0 Å². The lowest BCUT2D eigenvalue weighted by Gasteiger charge is -2.34. The topological polar surface area (TPSA) is 15.3 Å². The molecule has 1 aliphatic carbocycles. The van der Waals surface area contributed by atoms with E-state index in [1.807, 2.05) is 0 Å². The molecule has 1 N–H and O–H groups in total. The fourth-order valence-corrected chi connectivity index (χ4v) is 3.88. The first kappa shape index (κ1) is 13.4. The van der Waals surface area contributed by atoms with Gasteiger partial charge in [0.25, 0.3) is 0 Å². The number of hydrogen-bond acceptors (Lipinski definition) is 2. The zero-order valence-corrected chi connectivity index (χ0v) is 12.4. The molecule has 1 saturated heterocycles. The Hall–Kier alpha value is -0.570. The van der Waals surface area contributed by atoms with Crippen LogP contribution in [0.15, 0.2) is 18.2 Å². The average Bonchev–Trinajstić information content (AvgIpc) is 3.05. The molecule has 1 aromatic carbocycles. The molecule has 2 aliphatic rings. The highest BCUT2D eigenvalue weighted by Crippen LogP contribution is 2.38. The Bertz CT molecular complexity index is 440. The van der Waals surface area contributed by atoms with Gasteiger partial charge in [-0.3, -0.25) is 4.90 Å². The summed E-state index contributed by atoms with van der Waals surface area (Å²) < 4.78 is 0. The first-order chi connectivity index (χ1) is 9.29. The average molecular weight is 279 g/mol. The zero-order chi connectivity index (χ0) is 13.2. The van der Waals surface area contributed by atoms with E-state index in [1.165, 1.54) is 49.9 Å². The third-order valence-electron chi connectivity index (χ3n) is 4.54. The molecule has 1 aliphatic heterocycles. The molecule has 1 aromatic rings. The standard InChI is InChI=1S/C16H23ClN2/c1-2-9-19(14-7-8-18-11-14)16-6-3-12-10-13(17)4-5-15(12)16/h4-5,10,14,16,18H,2-3,6-9,11H2,1H3. The van der Waals surface area contributed by atoms with Crippen molar-refractivity contribution >= 4 is 11.6 Å². The Morgan fingerprint density at radius 3 is 3.00 bits per heavy atom. The number of aryl methyl sites for hydroxylation is 1. The van der Waals surface area contributed by atoms with E-state index < -0.39 is 0 Å². The second kappa shape index (κ2) is 5.82. The number of fused-ring (bicyclic) bond motifs is 1. The molecule has 1 heterocycles. The fourth-order valence-electron chi connectivity index (χ4n) is 3.68. The molecule has 3 heteroatoms. The molecule has 3 rings (SSSR count). The van der Waals surface area contributed by atoms with E-state index in [2.05, 4.69) is 35.3 Å². The van der Waals surface area contributed by atoms with Crippen molar-refractivity contribution in [3.8, 4) is 0 Å². The first-order valence-corrected chi connectivity index (χ1v) is 7.92. The summed E-state index contributed by atoms with van der Waals surface area (Å²) in [5.41, 5.74) is 2.98. The normalized spacial score (nSPS) is 26.1. The van der Waals surface area contributed by atoms with Crippen LogP contribution in [0.25, 0.3) is 0 Å². The Morgan fingerprint density at radius 2 is 2.26 bits per heavy atom. The van der Waals surface area contributed by atoms with Crippen LogP contribution in [0.4, 0.5) is 0 Å². The number of hydrogen-bond donors (Lipinski definition) is 1. The van der Waals surface area contributed by atoms with Gasteiger partial charge in [0.1, 0.15) is 0 Å². The summed E-state index contributed by atoms with van der Waals surface area (Å²) in [5.74, 6) is 0. The van der Waals surface area contributed by atoms with Crippen molar-refractivity contribution in [1.29, 1.82) is 0 Å². The summed E-state index contributed by atoms with van der Waals surface area (Å²) in [5, 5.41) is 4.38. The fraction of sp³-hybridized carbons (Fsp3) is 0.625. The Kier molecular flexibility index (Phi) is 4.11. The lowest BCUT2D eigenvalue weighted by molar-refractivity contribution is 0.142. The van der Waals surface area contributed by atoms with Gasteiger partial charge in [-0.05, 0) is 62.0 Å². The SMILES string of the molecule is CCCN(C1CCNC1)C1CCc2cc(Cl)ccc21. The van der Waals surface area contributed by atoms with Crippen LogP contribution in [0.3, 0.4) is 0 Å². The minimum absolute atomic E-state index is 0.608. The van der Waals surface area contributed by atoms with E-state index in [4.69, 9.17) is 11.6 Å². The Labute approximate surface area is 121 Å². The van der Waals surface area contributed by atoms with Crippen molar-refractivity contribution in [1.82, 2.24) is 10.2 Å². The molecular formula is C16H23ClN2. The minimum Gasteiger partial charge on any atom is -0.315 e. The molecule has 2 nitrogen and oxygen atoms in total. The van der Waals surface area contributed by atoms with Crippen molar-refractivity contribution in [3.05, 3.63) is 34.3 Å². The number of halogens is 1. The lowest BCUT2D eigenvalue weighted by Crippen LogP contribution is -2.39. The molecule has 0 bridgehead atoms. The van der Waals surface area contributed by atoms with Crippen molar-refractivity contribution in [2.45, 2.75) is 44.7 Å². The maximum absolute atomic E-state index is 6.12. The van der Waals surface area contributed by atoms with Gasteiger partial charge >= 0.3 is 0 Å². The quantitative estimate of drug-likeness (QED) is 0.908. The van der Waals surface area contributed by atoms with Crippen LogP contribution in [0.5, 0.6) is 0 Å². The van der Waals surface area contributed by atoms with Crippen LogP contribution in [-0.4, -0.2) is 30.6 Å². The molecule has 0 radical (unpaired) electrons. The summed E-state index contributed by atoms with van der Waals surface area (Å²) in [7, 11) is 0. The van der Waals surface area contributed by atoms with Crippen LogP contribution < -0.4 is 5.32 Å². The second-order valence-corrected chi connectivity index (χ2v) is 6.22. The van der Waals surface area contributed by atoms with Gasteiger partial charge in [0.05, 0.1) is 0 Å². The molecule has 0 aromatic heterocycles. The van der Waals surface area contributed by atoms with Gasteiger partial charge < -0.3 is 5.32 Å². The monoisotopic (exact) mass is 278 g/mol. The third-order valence-corrected chi connectivity index (χ3v) is 4.77. The van der Waals surface area contributed by atoms with Gasteiger partial charge in [-0.15, -0.1) is 0 Å². The van der Waals surface area contributed by atoms with Crippen molar-refractivity contribution < 1.29 is 0 Å². The minimum atomic E-state index is 0.608. The summed E-state index contributed by atoms with van der Waals surface area (Å²) in [4.78, 5) is 2.74. The van der Waals surface area contributed by atoms with E-state index in [0.29, 0.717) is 12.1 Å². The van der Waals surface area contributed by atoms with Crippen molar-refractivity contribution in [2.24, 2.45) is 0 Å². The molecule has 2 unspecified atom stereocenters. The van der Waals surface area contributed by atoms with E-state index in [-0.39, 0.29) is 0 Å². The highest BCUT2D eigenvalue weighted by atomic mass is 35.5. The second-order valence-electron chi connectivity index (χ2n) is 5.78. The van der Waals surface area contributed by atoms with Gasteiger partial charge in [-0.2, -0.15) is 0 Å². The van der Waals surface area contributed by atoms with Crippen molar-refractivity contribution in [3.63, 3.8) is 0 Å². The van der Waals surface area contributed by atoms with Crippen LogP contribution in [-0.2, 0) is 6.42 Å². The van der Waals surface area contributed by atoms with E-state index in [0.717, 1.165) is 11.6 Å². The molecule has 1 fully saturated rings. The van der Waals surface area contributed by atoms with Gasteiger partial charge in [0.15, 0.2) is 0 Å². The predicted octanol–water partition coefficient (Wildman–Crippen LogP) is 3.40. The molecular weight excluding hydrogens is 256 g/mol. The zero-order valence-electron chi connectivity index (χ0n) is 11.7. The van der Waals surface area contributed by atoms with Crippen LogP contribution in [0, 0.1) is 0 Å². The summed E-state index contributed by atoms with van der Waals surface area (Å²) in [6.07, 6.45) is 4.96. The smallest absolute Gasteiger partial charge is 0.0408 e. The van der Waals surface area contributed by atoms with E-state index in [9.17, 15) is 0 Å². The highest BCUT2D eigenvalue weighted by molar-refractivity contribution is 6.30. The van der Waals surface area contributed by atoms with Gasteiger partial charge in [-0.25, -0.2) is 0 Å². The highest BCUT2D eigenvalue weighted by Gasteiger charge is 2.33. The largest absolute Gasteiger partial charge is 0.315 e. The summed E-state index contributed by atoms with van der Waals surface area (Å²) in [6, 6.07) is 7.79. The molecule has 19 heavy (non-hydrogen) atoms. The Balaban J connectivity index is 1.84. The van der Waals surface area contributed by atoms with Gasteiger partial charge in [-0.1, -0.05) is 24.6 Å². The maximum Gasteiger partial charge on any atom is 0.0408 e. The molecule has 2 atom stereocenters. The first-order valence-electron chi connectivity index (χ1n) is 7.54. The predicted molar refractivity (Wildman–Crippen MR) is 80.8 cm³/mol. The third kappa shape index (κ3) is 2.67. The lowest BCUT2D eigenvalue weighted by atomic mass is 10.0. The summed E-state index contributed by atoms with van der Waals surface area (Å²) >= 11 is 6.12. The maximum atomic E-state index is 6.12. The van der Waals surface area contributed by atoms with Gasteiger partial charge in [0, 0.05) is 23.7 Å². The molecule has 104 valence electrons. The van der Waals surface area contributed by atoms with Crippen molar-refractivity contribution in [2.75, 3.05) is 19.6 Å². The van der Waals surface area contributed by atoms with Crippen LogP contribution in [0.1, 0.15) is 43.4 Å². The molecule has 0 spiro atoms. The molecule has 0 saturated carbocycles. The Morgan fingerprint density at radius 1 is 1.37 bits per heavy atom. The van der Waals surface area contributed by atoms with E-state index in [1.54, 1.807) is 0 Å². The number of nitrogens with one attached hydrogen (secondary N) is 1. The van der Waals surface area contributed by atoms with Crippen LogP contribution >= 0.6 is 11.6 Å². The number of rotatable bonds is 4. The van der Waals surface area contributed by atoms with E-state index >= 15 is 0 Å². The number of nitrogens with zero attached hydrogens (tertiary/aromatic N) is 1. The number of benzene rings is 1. The summed E-state index contributed by atoms with van der Waals surface area (Å²) in [6.45, 7) is 5.82.